The molecule has 2 rings (SSSR count). The van der Waals surface area contributed by atoms with Gasteiger partial charge >= 0.3 is 5.97 Å². The molecule has 0 bridgehead atoms. The first-order valence-corrected chi connectivity index (χ1v) is 13.4. The summed E-state index contributed by atoms with van der Waals surface area (Å²) in [6, 6.07) is 14.5. The highest BCUT2D eigenvalue weighted by Gasteiger charge is 2.10. The zero-order valence-electron chi connectivity index (χ0n) is 23.3. The van der Waals surface area contributed by atoms with Gasteiger partial charge in [-0.05, 0) is 109 Å². The number of aromatic hydroxyl groups is 1. The van der Waals surface area contributed by atoms with Gasteiger partial charge in [-0.15, -0.1) is 0 Å². The molecule has 3 heteroatoms. The van der Waals surface area contributed by atoms with Crippen LogP contribution in [0.15, 0.2) is 95.1 Å². The lowest BCUT2D eigenvalue weighted by molar-refractivity contribution is 0.0472. The van der Waals surface area contributed by atoms with Crippen molar-refractivity contribution in [2.24, 2.45) is 0 Å². The largest absolute Gasteiger partial charge is 0.508 e. The summed E-state index contributed by atoms with van der Waals surface area (Å²) in [5.74, 6) is -0.187. The Balaban J connectivity index is 1.79. The predicted octanol–water partition coefficient (Wildman–Crippen LogP) is 9.44. The van der Waals surface area contributed by atoms with Gasteiger partial charge in [-0.3, -0.25) is 0 Å². The Labute approximate surface area is 224 Å². The third kappa shape index (κ3) is 12.5. The smallest absolute Gasteiger partial charge is 0.338 e. The van der Waals surface area contributed by atoms with Crippen molar-refractivity contribution in [3.8, 4) is 5.75 Å². The van der Waals surface area contributed by atoms with Crippen LogP contribution in [0.25, 0.3) is 0 Å². The van der Waals surface area contributed by atoms with Crippen LogP contribution >= 0.6 is 0 Å². The fraction of sp³-hybridized carbons (Fsp3) is 0.382. The van der Waals surface area contributed by atoms with Gasteiger partial charge < -0.3 is 9.84 Å². The molecule has 0 fully saturated rings. The molecular weight excluding hydrogens is 456 g/mol. The van der Waals surface area contributed by atoms with Gasteiger partial charge in [-0.2, -0.15) is 0 Å². The van der Waals surface area contributed by atoms with E-state index in [1.807, 2.05) is 30.3 Å². The van der Waals surface area contributed by atoms with E-state index in [4.69, 9.17) is 4.74 Å². The molecule has 0 aliphatic heterocycles. The minimum Gasteiger partial charge on any atom is -0.508 e. The Morgan fingerprint density at radius 3 is 1.92 bits per heavy atom. The summed E-state index contributed by atoms with van der Waals surface area (Å²) in [5, 5.41) is 10.3. The molecule has 0 atom stereocenters. The maximum absolute atomic E-state index is 12.5. The minimum atomic E-state index is -0.385. The van der Waals surface area contributed by atoms with Gasteiger partial charge in [0.25, 0.3) is 0 Å². The highest BCUT2D eigenvalue weighted by molar-refractivity contribution is 5.89. The average Bonchev–Trinajstić information content (AvgIpc) is 2.87. The SMILES string of the molecule is CC(C)=CCC/C(C)=C/CC/C(C)=C/CC/C(C)=C/Cc1cc(C(=O)OCc2ccccc2)ccc1O. The van der Waals surface area contributed by atoms with Gasteiger partial charge in [0.1, 0.15) is 12.4 Å². The fourth-order valence-corrected chi connectivity index (χ4v) is 3.95. The second-order valence-corrected chi connectivity index (χ2v) is 10.2. The Hall–Kier alpha value is -3.33. The molecule has 2 aromatic rings. The van der Waals surface area contributed by atoms with Crippen molar-refractivity contribution in [3.05, 3.63) is 112 Å². The van der Waals surface area contributed by atoms with Crippen molar-refractivity contribution in [1.82, 2.24) is 0 Å². The number of carbonyl (C=O) groups is 1. The number of phenols is 1. The lowest BCUT2D eigenvalue weighted by Crippen LogP contribution is -2.05. The second-order valence-electron chi connectivity index (χ2n) is 10.2. The van der Waals surface area contributed by atoms with Crippen LogP contribution in [-0.4, -0.2) is 11.1 Å². The van der Waals surface area contributed by atoms with Crippen LogP contribution < -0.4 is 0 Å². The normalized spacial score (nSPS) is 12.4. The number of ether oxygens (including phenoxy) is 1. The lowest BCUT2D eigenvalue weighted by atomic mass is 10.0. The van der Waals surface area contributed by atoms with Crippen molar-refractivity contribution in [2.75, 3.05) is 0 Å². The number of benzene rings is 2. The van der Waals surface area contributed by atoms with Crippen LogP contribution in [0.4, 0.5) is 0 Å². The molecule has 0 aliphatic carbocycles. The monoisotopic (exact) mass is 500 g/mol. The topological polar surface area (TPSA) is 46.5 Å². The van der Waals surface area contributed by atoms with Gasteiger partial charge in [0, 0.05) is 0 Å². The molecule has 2 aromatic carbocycles. The molecule has 0 heterocycles. The molecule has 0 unspecified atom stereocenters. The molecule has 0 aromatic heterocycles. The summed E-state index contributed by atoms with van der Waals surface area (Å²) in [5.41, 5.74) is 7.69. The Morgan fingerprint density at radius 2 is 1.32 bits per heavy atom. The van der Waals surface area contributed by atoms with E-state index in [-0.39, 0.29) is 18.3 Å². The number of hydrogen-bond acceptors (Lipinski definition) is 3. The summed E-state index contributed by atoms with van der Waals surface area (Å²) >= 11 is 0. The predicted molar refractivity (Wildman–Crippen MR) is 156 cm³/mol. The number of carbonyl (C=O) groups excluding carboxylic acids is 1. The molecule has 0 saturated carbocycles. The van der Waals surface area contributed by atoms with Crippen molar-refractivity contribution in [2.45, 2.75) is 86.2 Å². The number of phenolic OH excluding ortho intramolecular Hbond substituents is 1. The van der Waals surface area contributed by atoms with Crippen LogP contribution in [-0.2, 0) is 17.8 Å². The third-order valence-corrected chi connectivity index (χ3v) is 6.35. The van der Waals surface area contributed by atoms with Gasteiger partial charge in [-0.1, -0.05) is 76.9 Å². The van der Waals surface area contributed by atoms with Gasteiger partial charge in [-0.25, -0.2) is 4.79 Å². The fourth-order valence-electron chi connectivity index (χ4n) is 3.95. The van der Waals surface area contributed by atoms with Crippen LogP contribution in [0.2, 0.25) is 0 Å². The van der Waals surface area contributed by atoms with Gasteiger partial charge in [0.15, 0.2) is 0 Å². The highest BCUT2D eigenvalue weighted by Crippen LogP contribution is 2.22. The van der Waals surface area contributed by atoms with Crippen molar-refractivity contribution >= 4 is 5.97 Å². The number of esters is 1. The molecule has 37 heavy (non-hydrogen) atoms. The molecule has 0 amide bonds. The van der Waals surface area contributed by atoms with E-state index in [0.29, 0.717) is 12.0 Å². The van der Waals surface area contributed by atoms with Gasteiger partial charge in [0.2, 0.25) is 0 Å². The summed E-state index contributed by atoms with van der Waals surface area (Å²) in [6.07, 6.45) is 16.2. The van der Waals surface area contributed by atoms with E-state index in [2.05, 4.69) is 58.9 Å². The maximum atomic E-state index is 12.5. The standard InChI is InChI=1S/C34H44O3/c1-26(2)12-9-13-27(3)14-10-15-28(4)16-11-17-29(5)20-21-31-24-32(22-23-33(31)35)34(36)37-25-30-18-7-6-8-19-30/h6-8,12,14,16,18-20,22-24,35H,9-11,13,15,17,21,25H2,1-5H3/b27-14+,28-16+,29-20+. The molecule has 3 nitrogen and oxygen atoms in total. The van der Waals surface area contributed by atoms with Crippen LogP contribution in [0, 0.1) is 0 Å². The zero-order chi connectivity index (χ0) is 27.0. The first-order chi connectivity index (χ1) is 17.7. The number of allylic oxidation sites excluding steroid dienone is 8. The van der Waals surface area contributed by atoms with E-state index < -0.39 is 0 Å². The first-order valence-electron chi connectivity index (χ1n) is 13.4. The molecule has 0 saturated heterocycles. The zero-order valence-corrected chi connectivity index (χ0v) is 23.3. The van der Waals surface area contributed by atoms with Crippen molar-refractivity contribution in [1.29, 1.82) is 0 Å². The van der Waals surface area contributed by atoms with Gasteiger partial charge in [0.05, 0.1) is 5.56 Å². The summed E-state index contributed by atoms with van der Waals surface area (Å²) in [4.78, 5) is 12.5. The second kappa shape index (κ2) is 16.4. The molecule has 198 valence electrons. The minimum absolute atomic E-state index is 0.198. The van der Waals surface area contributed by atoms with E-state index >= 15 is 0 Å². The molecule has 0 aliphatic rings. The highest BCUT2D eigenvalue weighted by atomic mass is 16.5. The van der Waals surface area contributed by atoms with E-state index in [0.717, 1.165) is 49.7 Å². The van der Waals surface area contributed by atoms with Crippen LogP contribution in [0.5, 0.6) is 5.75 Å². The average molecular weight is 501 g/mol. The molecule has 0 radical (unpaired) electrons. The molecular formula is C34H44O3. The summed E-state index contributed by atoms with van der Waals surface area (Å²) in [7, 11) is 0. The summed E-state index contributed by atoms with van der Waals surface area (Å²) in [6.45, 7) is 11.1. The number of rotatable bonds is 14. The van der Waals surface area contributed by atoms with Crippen molar-refractivity contribution in [3.63, 3.8) is 0 Å². The third-order valence-electron chi connectivity index (χ3n) is 6.35. The quantitative estimate of drug-likeness (QED) is 0.207. The van der Waals surface area contributed by atoms with E-state index in [1.54, 1.807) is 18.2 Å². The Bertz CT molecular complexity index is 1110. The summed E-state index contributed by atoms with van der Waals surface area (Å²) < 4.78 is 5.43. The Kier molecular flexibility index (Phi) is 13.3. The van der Waals surface area contributed by atoms with Crippen molar-refractivity contribution < 1.29 is 14.6 Å². The lowest BCUT2D eigenvalue weighted by Gasteiger charge is -2.08. The molecule has 0 spiro atoms. The van der Waals surface area contributed by atoms with Crippen LogP contribution in [0.3, 0.4) is 0 Å². The molecule has 1 N–H and O–H groups in total. The van der Waals surface area contributed by atoms with E-state index in [9.17, 15) is 9.90 Å². The van der Waals surface area contributed by atoms with Crippen LogP contribution in [0.1, 0.15) is 94.6 Å². The Morgan fingerprint density at radius 1 is 0.757 bits per heavy atom. The maximum Gasteiger partial charge on any atom is 0.338 e. The van der Waals surface area contributed by atoms with E-state index in [1.165, 1.54) is 22.3 Å². The first kappa shape index (κ1) is 29.9. The number of hydrogen-bond donors (Lipinski definition) is 1.